The average molecular weight is 269 g/mol. The summed E-state index contributed by atoms with van der Waals surface area (Å²) in [5.41, 5.74) is 0.102. The Morgan fingerprint density at radius 3 is 2.79 bits per heavy atom. The van der Waals surface area contributed by atoms with Crippen LogP contribution in [-0.2, 0) is 11.3 Å². The molecule has 0 aliphatic heterocycles. The molecule has 0 saturated heterocycles. The van der Waals surface area contributed by atoms with E-state index in [0.717, 1.165) is 6.42 Å². The minimum absolute atomic E-state index is 0.102. The average Bonchev–Trinajstić information content (AvgIpc) is 2.86. The molecule has 1 aromatic heterocycles. The Morgan fingerprint density at radius 2 is 2.21 bits per heavy atom. The third kappa shape index (κ3) is 4.27. The molecule has 2 amide bonds. The highest BCUT2D eigenvalue weighted by Gasteiger charge is 2.17. The summed E-state index contributed by atoms with van der Waals surface area (Å²) in [5, 5.41) is 2.72. The van der Waals surface area contributed by atoms with Gasteiger partial charge in [-0.2, -0.15) is 0 Å². The van der Waals surface area contributed by atoms with Crippen molar-refractivity contribution in [3.63, 3.8) is 0 Å². The lowest BCUT2D eigenvalue weighted by molar-refractivity contribution is 0.0594. The second kappa shape index (κ2) is 7.40. The van der Waals surface area contributed by atoms with E-state index in [1.165, 1.54) is 13.4 Å². The number of oxazole rings is 1. The van der Waals surface area contributed by atoms with Crippen molar-refractivity contribution in [3.8, 4) is 0 Å². The van der Waals surface area contributed by atoms with Crippen LogP contribution in [-0.4, -0.2) is 42.1 Å². The van der Waals surface area contributed by atoms with Crippen LogP contribution in [0.15, 0.2) is 10.7 Å². The SMILES string of the molecule is CCCN(Cc1nc(C(=O)OC)co1)C(=O)NCC. The van der Waals surface area contributed by atoms with Crippen LogP contribution in [0.25, 0.3) is 0 Å². The fourth-order valence-electron chi connectivity index (χ4n) is 1.53. The quantitative estimate of drug-likeness (QED) is 0.789. The third-order valence-electron chi connectivity index (χ3n) is 2.38. The number of nitrogens with one attached hydrogen (secondary N) is 1. The molecule has 7 heteroatoms. The Kier molecular flexibility index (Phi) is 5.84. The van der Waals surface area contributed by atoms with E-state index in [1.54, 1.807) is 4.90 Å². The van der Waals surface area contributed by atoms with E-state index >= 15 is 0 Å². The molecule has 19 heavy (non-hydrogen) atoms. The maximum Gasteiger partial charge on any atom is 0.360 e. The lowest BCUT2D eigenvalue weighted by atomic mass is 10.4. The molecule has 1 N–H and O–H groups in total. The van der Waals surface area contributed by atoms with Crippen molar-refractivity contribution in [2.75, 3.05) is 20.2 Å². The highest BCUT2D eigenvalue weighted by atomic mass is 16.5. The van der Waals surface area contributed by atoms with Gasteiger partial charge in [-0.15, -0.1) is 0 Å². The molecule has 0 bridgehead atoms. The van der Waals surface area contributed by atoms with Crippen LogP contribution < -0.4 is 5.32 Å². The van der Waals surface area contributed by atoms with Crippen LogP contribution in [0.2, 0.25) is 0 Å². The monoisotopic (exact) mass is 269 g/mol. The van der Waals surface area contributed by atoms with Gasteiger partial charge in [0, 0.05) is 13.1 Å². The van der Waals surface area contributed by atoms with Crippen molar-refractivity contribution in [2.24, 2.45) is 0 Å². The van der Waals surface area contributed by atoms with E-state index in [0.29, 0.717) is 19.0 Å². The molecule has 0 atom stereocenters. The number of carbonyl (C=O) groups is 2. The van der Waals surface area contributed by atoms with Gasteiger partial charge in [0.05, 0.1) is 13.7 Å². The lowest BCUT2D eigenvalue weighted by Gasteiger charge is -2.20. The molecule has 0 aliphatic carbocycles. The van der Waals surface area contributed by atoms with Gasteiger partial charge in [-0.3, -0.25) is 0 Å². The Hall–Kier alpha value is -2.05. The molecule has 0 spiro atoms. The summed E-state index contributed by atoms with van der Waals surface area (Å²) in [5.74, 6) is -0.254. The predicted octanol–water partition coefficient (Wildman–Crippen LogP) is 1.40. The summed E-state index contributed by atoms with van der Waals surface area (Å²) >= 11 is 0. The molecule has 0 aromatic carbocycles. The van der Waals surface area contributed by atoms with Crippen molar-refractivity contribution in [1.82, 2.24) is 15.2 Å². The Bertz CT molecular complexity index is 430. The number of hydrogen-bond acceptors (Lipinski definition) is 5. The Balaban J connectivity index is 2.70. The van der Waals surface area contributed by atoms with Crippen molar-refractivity contribution in [1.29, 1.82) is 0 Å². The van der Waals surface area contributed by atoms with Crippen LogP contribution in [0, 0.1) is 0 Å². The minimum atomic E-state index is -0.560. The zero-order chi connectivity index (χ0) is 14.3. The normalized spacial score (nSPS) is 10.1. The van der Waals surface area contributed by atoms with Gasteiger partial charge in [0.2, 0.25) is 5.89 Å². The van der Waals surface area contributed by atoms with E-state index in [4.69, 9.17) is 4.42 Å². The van der Waals surface area contributed by atoms with Crippen LogP contribution in [0.1, 0.15) is 36.6 Å². The number of ether oxygens (including phenoxy) is 1. The summed E-state index contributed by atoms with van der Waals surface area (Å²) in [6.07, 6.45) is 2.05. The van der Waals surface area contributed by atoms with E-state index < -0.39 is 5.97 Å². The zero-order valence-corrected chi connectivity index (χ0v) is 11.4. The Labute approximate surface area is 111 Å². The molecule has 1 rings (SSSR count). The maximum absolute atomic E-state index is 11.8. The summed E-state index contributed by atoms with van der Waals surface area (Å²) in [4.78, 5) is 28.6. The van der Waals surface area contributed by atoms with Gasteiger partial charge in [0.15, 0.2) is 5.69 Å². The number of aromatic nitrogens is 1. The van der Waals surface area contributed by atoms with Crippen LogP contribution in [0.3, 0.4) is 0 Å². The van der Waals surface area contributed by atoms with Gasteiger partial charge < -0.3 is 19.4 Å². The highest BCUT2D eigenvalue weighted by Crippen LogP contribution is 2.07. The number of esters is 1. The van der Waals surface area contributed by atoms with Crippen molar-refractivity contribution in [3.05, 3.63) is 17.8 Å². The molecule has 0 aliphatic rings. The molecule has 0 radical (unpaired) electrons. The second-order valence-corrected chi connectivity index (χ2v) is 3.88. The zero-order valence-electron chi connectivity index (χ0n) is 11.4. The second-order valence-electron chi connectivity index (χ2n) is 3.88. The van der Waals surface area contributed by atoms with Crippen molar-refractivity contribution in [2.45, 2.75) is 26.8 Å². The molecular weight excluding hydrogens is 250 g/mol. The summed E-state index contributed by atoms with van der Waals surface area (Å²) < 4.78 is 9.69. The van der Waals surface area contributed by atoms with E-state index in [9.17, 15) is 9.59 Å². The minimum Gasteiger partial charge on any atom is -0.464 e. The van der Waals surface area contributed by atoms with Gasteiger partial charge in [-0.1, -0.05) is 6.92 Å². The lowest BCUT2D eigenvalue weighted by Crippen LogP contribution is -2.39. The largest absolute Gasteiger partial charge is 0.464 e. The van der Waals surface area contributed by atoms with Gasteiger partial charge in [-0.05, 0) is 13.3 Å². The first kappa shape index (κ1) is 15.0. The summed E-state index contributed by atoms with van der Waals surface area (Å²) in [7, 11) is 1.27. The van der Waals surface area contributed by atoms with Crippen LogP contribution in [0.4, 0.5) is 4.79 Å². The van der Waals surface area contributed by atoms with Gasteiger partial charge in [0.1, 0.15) is 6.26 Å². The van der Waals surface area contributed by atoms with Crippen molar-refractivity contribution >= 4 is 12.0 Å². The van der Waals surface area contributed by atoms with E-state index in [-0.39, 0.29) is 18.3 Å². The highest BCUT2D eigenvalue weighted by molar-refractivity contribution is 5.86. The topological polar surface area (TPSA) is 84.7 Å². The number of hydrogen-bond donors (Lipinski definition) is 1. The first-order valence-electron chi connectivity index (χ1n) is 6.17. The molecule has 1 aromatic rings. The summed E-state index contributed by atoms with van der Waals surface area (Å²) in [6.45, 7) is 5.18. The molecular formula is C12H19N3O4. The fourth-order valence-corrected chi connectivity index (χ4v) is 1.53. The molecule has 0 fully saturated rings. The summed E-state index contributed by atoms with van der Waals surface area (Å²) in [6, 6.07) is -0.179. The number of carbonyl (C=O) groups excluding carboxylic acids is 2. The number of amides is 2. The molecule has 7 nitrogen and oxygen atoms in total. The number of urea groups is 1. The number of rotatable bonds is 6. The number of methoxy groups -OCH3 is 1. The fraction of sp³-hybridized carbons (Fsp3) is 0.583. The van der Waals surface area contributed by atoms with Crippen molar-refractivity contribution < 1.29 is 18.7 Å². The van der Waals surface area contributed by atoms with Gasteiger partial charge >= 0.3 is 12.0 Å². The van der Waals surface area contributed by atoms with Gasteiger partial charge in [-0.25, -0.2) is 14.6 Å². The van der Waals surface area contributed by atoms with Gasteiger partial charge in [0.25, 0.3) is 0 Å². The maximum atomic E-state index is 11.8. The molecule has 0 unspecified atom stereocenters. The third-order valence-corrected chi connectivity index (χ3v) is 2.38. The Morgan fingerprint density at radius 1 is 1.47 bits per heavy atom. The van der Waals surface area contributed by atoms with E-state index in [2.05, 4.69) is 15.0 Å². The van der Waals surface area contributed by atoms with Crippen LogP contribution >= 0.6 is 0 Å². The first-order chi connectivity index (χ1) is 9.12. The number of nitrogens with zero attached hydrogens (tertiary/aromatic N) is 2. The predicted molar refractivity (Wildman–Crippen MR) is 67.6 cm³/mol. The first-order valence-corrected chi connectivity index (χ1v) is 6.17. The molecule has 1 heterocycles. The smallest absolute Gasteiger partial charge is 0.360 e. The molecule has 0 saturated carbocycles. The standard InChI is InChI=1S/C12H19N3O4/c1-4-6-15(12(17)13-5-2)7-10-14-9(8-19-10)11(16)18-3/h8H,4-7H2,1-3H3,(H,13,17). The molecule has 106 valence electrons. The van der Waals surface area contributed by atoms with E-state index in [1.807, 2.05) is 13.8 Å². The van der Waals surface area contributed by atoms with Crippen LogP contribution in [0.5, 0.6) is 0 Å².